The lowest BCUT2D eigenvalue weighted by Gasteiger charge is -2.15. The van der Waals surface area contributed by atoms with Gasteiger partial charge in [0.1, 0.15) is 0 Å². The number of hydrogen-bond acceptors (Lipinski definition) is 2. The molecule has 20 heavy (non-hydrogen) atoms. The van der Waals surface area contributed by atoms with Gasteiger partial charge in [0.15, 0.2) is 0 Å². The molecule has 1 aliphatic rings. The first-order valence-corrected chi connectivity index (χ1v) is 6.91. The summed E-state index contributed by atoms with van der Waals surface area (Å²) in [5, 5.41) is 0. The van der Waals surface area contributed by atoms with Gasteiger partial charge in [-0.15, -0.1) is 0 Å². The smallest absolute Gasteiger partial charge is 0.223 e. The van der Waals surface area contributed by atoms with Gasteiger partial charge in [-0.1, -0.05) is 36.4 Å². The first kappa shape index (κ1) is 12.7. The Morgan fingerprint density at radius 2 is 1.75 bits per heavy atom. The molecular formula is C17H18N2O. The van der Waals surface area contributed by atoms with Gasteiger partial charge in [0.25, 0.3) is 0 Å². The van der Waals surface area contributed by atoms with Gasteiger partial charge in [-0.3, -0.25) is 4.79 Å². The van der Waals surface area contributed by atoms with Crippen molar-refractivity contribution in [3.63, 3.8) is 0 Å². The Kier molecular flexibility index (Phi) is 3.42. The van der Waals surface area contributed by atoms with Gasteiger partial charge in [0.05, 0.1) is 0 Å². The molecule has 1 aliphatic heterocycles. The number of carbonyl (C=O) groups excluding carboxylic acids is 1. The van der Waals surface area contributed by atoms with Gasteiger partial charge >= 0.3 is 0 Å². The molecule has 0 unspecified atom stereocenters. The zero-order valence-electron chi connectivity index (χ0n) is 11.4. The quantitative estimate of drug-likeness (QED) is 0.868. The van der Waals surface area contributed by atoms with Crippen molar-refractivity contribution < 1.29 is 4.79 Å². The fraction of sp³-hybridized carbons (Fsp3) is 0.235. The van der Waals surface area contributed by atoms with E-state index in [1.165, 1.54) is 11.1 Å². The third-order valence-corrected chi connectivity index (χ3v) is 3.77. The summed E-state index contributed by atoms with van der Waals surface area (Å²) in [5.74, 6) is 0.212. The molecular weight excluding hydrogens is 248 g/mol. The van der Waals surface area contributed by atoms with E-state index in [2.05, 4.69) is 12.1 Å². The predicted molar refractivity (Wildman–Crippen MR) is 79.9 cm³/mol. The molecule has 0 aliphatic carbocycles. The van der Waals surface area contributed by atoms with Crippen LogP contribution in [0.4, 0.5) is 5.69 Å². The third-order valence-electron chi connectivity index (χ3n) is 3.77. The molecule has 0 spiro atoms. The monoisotopic (exact) mass is 266 g/mol. The third kappa shape index (κ3) is 2.67. The molecule has 3 rings (SSSR count). The predicted octanol–water partition coefficient (Wildman–Crippen LogP) is 2.74. The van der Waals surface area contributed by atoms with Crippen molar-refractivity contribution in [2.45, 2.75) is 25.9 Å². The van der Waals surface area contributed by atoms with Crippen LogP contribution in [-0.2, 0) is 24.3 Å². The molecule has 0 saturated heterocycles. The van der Waals surface area contributed by atoms with E-state index in [0.29, 0.717) is 6.42 Å². The zero-order valence-corrected chi connectivity index (χ0v) is 11.4. The van der Waals surface area contributed by atoms with Crippen molar-refractivity contribution in [3.05, 3.63) is 65.2 Å². The molecule has 0 radical (unpaired) electrons. The summed E-state index contributed by atoms with van der Waals surface area (Å²) in [6, 6.07) is 16.0. The molecule has 0 atom stereocenters. The standard InChI is InChI=1S/C17H18N2O/c18-16-7-3-4-13(10-16)8-9-17(20)19-11-14-5-1-2-6-15(14)12-19/h1-7,10H,8-9,11-12,18H2. The second-order valence-electron chi connectivity index (χ2n) is 5.26. The van der Waals surface area contributed by atoms with Crippen LogP contribution in [0, 0.1) is 0 Å². The number of anilines is 1. The molecule has 102 valence electrons. The van der Waals surface area contributed by atoms with Crippen LogP contribution in [0.3, 0.4) is 0 Å². The summed E-state index contributed by atoms with van der Waals surface area (Å²) in [5.41, 5.74) is 10.2. The van der Waals surface area contributed by atoms with Crippen molar-refractivity contribution in [2.75, 3.05) is 5.73 Å². The van der Waals surface area contributed by atoms with Crippen molar-refractivity contribution in [2.24, 2.45) is 0 Å². The molecule has 2 aromatic rings. The van der Waals surface area contributed by atoms with Crippen LogP contribution in [0.2, 0.25) is 0 Å². The molecule has 0 bridgehead atoms. The highest BCUT2D eigenvalue weighted by Crippen LogP contribution is 2.23. The number of benzene rings is 2. The van der Waals surface area contributed by atoms with E-state index in [0.717, 1.165) is 30.8 Å². The van der Waals surface area contributed by atoms with E-state index < -0.39 is 0 Å². The largest absolute Gasteiger partial charge is 0.399 e. The minimum atomic E-state index is 0.212. The van der Waals surface area contributed by atoms with Gasteiger partial charge in [0, 0.05) is 25.2 Å². The maximum atomic E-state index is 12.3. The molecule has 1 heterocycles. The lowest BCUT2D eigenvalue weighted by molar-refractivity contribution is -0.131. The van der Waals surface area contributed by atoms with Crippen LogP contribution in [0.15, 0.2) is 48.5 Å². The van der Waals surface area contributed by atoms with Gasteiger partial charge in [-0.05, 0) is 35.2 Å². The number of rotatable bonds is 3. The number of hydrogen-bond donors (Lipinski definition) is 1. The highest BCUT2D eigenvalue weighted by molar-refractivity contribution is 5.77. The first-order chi connectivity index (χ1) is 9.72. The first-order valence-electron chi connectivity index (χ1n) is 6.91. The summed E-state index contributed by atoms with van der Waals surface area (Å²) < 4.78 is 0. The van der Waals surface area contributed by atoms with Gasteiger partial charge in [-0.25, -0.2) is 0 Å². The van der Waals surface area contributed by atoms with Crippen LogP contribution >= 0.6 is 0 Å². The normalized spacial score (nSPS) is 13.3. The Morgan fingerprint density at radius 3 is 2.40 bits per heavy atom. The van der Waals surface area contributed by atoms with Crippen molar-refractivity contribution in [1.82, 2.24) is 4.90 Å². The minimum Gasteiger partial charge on any atom is -0.399 e. The van der Waals surface area contributed by atoms with Crippen LogP contribution < -0.4 is 5.73 Å². The SMILES string of the molecule is Nc1cccc(CCC(=O)N2Cc3ccccc3C2)c1. The number of nitrogens with zero attached hydrogens (tertiary/aromatic N) is 1. The van der Waals surface area contributed by atoms with Crippen LogP contribution in [0.5, 0.6) is 0 Å². The Bertz CT molecular complexity index is 611. The lowest BCUT2D eigenvalue weighted by atomic mass is 10.1. The van der Waals surface area contributed by atoms with Gasteiger partial charge in [0.2, 0.25) is 5.91 Å². The maximum Gasteiger partial charge on any atom is 0.223 e. The zero-order chi connectivity index (χ0) is 13.9. The molecule has 0 saturated carbocycles. The number of nitrogen functional groups attached to an aromatic ring is 1. The topological polar surface area (TPSA) is 46.3 Å². The van der Waals surface area contributed by atoms with E-state index in [9.17, 15) is 4.79 Å². The second kappa shape index (κ2) is 5.37. The van der Waals surface area contributed by atoms with E-state index in [-0.39, 0.29) is 5.91 Å². The molecule has 2 N–H and O–H groups in total. The Hall–Kier alpha value is -2.29. The molecule has 1 amide bonds. The van der Waals surface area contributed by atoms with E-state index in [1.54, 1.807) is 0 Å². The summed E-state index contributed by atoms with van der Waals surface area (Å²) in [7, 11) is 0. The highest BCUT2D eigenvalue weighted by Gasteiger charge is 2.22. The molecule has 3 nitrogen and oxygen atoms in total. The summed E-state index contributed by atoms with van der Waals surface area (Å²) in [6.07, 6.45) is 1.29. The van der Waals surface area contributed by atoms with Gasteiger partial charge < -0.3 is 10.6 Å². The summed E-state index contributed by atoms with van der Waals surface area (Å²) >= 11 is 0. The van der Waals surface area contributed by atoms with E-state index in [1.807, 2.05) is 41.3 Å². The Balaban J connectivity index is 1.59. The molecule has 0 aromatic heterocycles. The number of nitrogens with two attached hydrogens (primary N) is 1. The summed E-state index contributed by atoms with van der Waals surface area (Å²) in [4.78, 5) is 14.2. The van der Waals surface area contributed by atoms with Crippen molar-refractivity contribution >= 4 is 11.6 Å². The molecule has 3 heteroatoms. The van der Waals surface area contributed by atoms with Crippen LogP contribution in [0.25, 0.3) is 0 Å². The van der Waals surface area contributed by atoms with Crippen LogP contribution in [0.1, 0.15) is 23.1 Å². The lowest BCUT2D eigenvalue weighted by Crippen LogP contribution is -2.25. The minimum absolute atomic E-state index is 0.212. The van der Waals surface area contributed by atoms with Crippen molar-refractivity contribution in [3.8, 4) is 0 Å². The van der Waals surface area contributed by atoms with Gasteiger partial charge in [-0.2, -0.15) is 0 Å². The molecule has 2 aromatic carbocycles. The average molecular weight is 266 g/mol. The Morgan fingerprint density at radius 1 is 1.05 bits per heavy atom. The van der Waals surface area contributed by atoms with E-state index >= 15 is 0 Å². The van der Waals surface area contributed by atoms with Crippen LogP contribution in [-0.4, -0.2) is 10.8 Å². The Labute approximate surface area is 119 Å². The van der Waals surface area contributed by atoms with Crippen molar-refractivity contribution in [1.29, 1.82) is 0 Å². The highest BCUT2D eigenvalue weighted by atomic mass is 16.2. The number of amides is 1. The number of carbonyl (C=O) groups is 1. The van der Waals surface area contributed by atoms with E-state index in [4.69, 9.17) is 5.73 Å². The maximum absolute atomic E-state index is 12.3. The summed E-state index contributed by atoms with van der Waals surface area (Å²) in [6.45, 7) is 1.48. The number of fused-ring (bicyclic) bond motifs is 1. The fourth-order valence-electron chi connectivity index (χ4n) is 2.67. The fourth-order valence-corrected chi connectivity index (χ4v) is 2.67. The number of aryl methyl sites for hydroxylation is 1. The average Bonchev–Trinajstić information content (AvgIpc) is 2.89. The molecule has 0 fully saturated rings. The second-order valence-corrected chi connectivity index (χ2v) is 5.26.